The van der Waals surface area contributed by atoms with Gasteiger partial charge < -0.3 is 14.2 Å². The predicted molar refractivity (Wildman–Crippen MR) is 122 cm³/mol. The predicted octanol–water partition coefficient (Wildman–Crippen LogP) is 5.83. The second-order valence-corrected chi connectivity index (χ2v) is 7.94. The van der Waals surface area contributed by atoms with Gasteiger partial charge in [-0.05, 0) is 43.7 Å². The van der Waals surface area contributed by atoms with Gasteiger partial charge in [0.2, 0.25) is 0 Å². The molecule has 0 aliphatic heterocycles. The van der Waals surface area contributed by atoms with Crippen LogP contribution in [0, 0.1) is 0 Å². The van der Waals surface area contributed by atoms with Crippen molar-refractivity contribution in [2.45, 2.75) is 26.6 Å². The van der Waals surface area contributed by atoms with Crippen LogP contribution >= 0.6 is 15.9 Å². The Morgan fingerprint density at radius 3 is 2.16 bits per heavy atom. The molecule has 0 aliphatic rings. The molecule has 0 saturated carbocycles. The van der Waals surface area contributed by atoms with E-state index in [1.807, 2.05) is 36.4 Å². The largest absolute Gasteiger partial charge is 0.493 e. The Kier molecular flexibility index (Phi) is 7.47. The summed E-state index contributed by atoms with van der Waals surface area (Å²) in [5.74, 6) is -0.216. The highest BCUT2D eigenvalue weighted by atomic mass is 79.9. The molecule has 31 heavy (non-hydrogen) atoms. The van der Waals surface area contributed by atoms with Gasteiger partial charge in [0.05, 0.1) is 18.8 Å². The van der Waals surface area contributed by atoms with E-state index in [1.54, 1.807) is 38.1 Å². The number of carbonyl (C=O) groups is 2. The maximum Gasteiger partial charge on any atom is 0.339 e. The highest BCUT2D eigenvalue weighted by molar-refractivity contribution is 9.10. The van der Waals surface area contributed by atoms with E-state index in [0.29, 0.717) is 21.5 Å². The SMILES string of the molecule is COc1cc(C(=O)OC(C)C)c(C(=O)c2ccccc2Br)cc1OCc1ccccc1. The summed E-state index contributed by atoms with van der Waals surface area (Å²) >= 11 is 3.41. The van der Waals surface area contributed by atoms with E-state index in [2.05, 4.69) is 15.9 Å². The number of esters is 1. The van der Waals surface area contributed by atoms with Crippen LogP contribution < -0.4 is 9.47 Å². The monoisotopic (exact) mass is 482 g/mol. The fourth-order valence-electron chi connectivity index (χ4n) is 2.99. The lowest BCUT2D eigenvalue weighted by Gasteiger charge is -2.17. The van der Waals surface area contributed by atoms with Crippen LogP contribution in [-0.2, 0) is 11.3 Å². The number of benzene rings is 3. The number of ketones is 1. The molecule has 5 nitrogen and oxygen atoms in total. The van der Waals surface area contributed by atoms with Crippen LogP contribution in [0.25, 0.3) is 0 Å². The van der Waals surface area contributed by atoms with Crippen LogP contribution in [0.1, 0.15) is 45.7 Å². The van der Waals surface area contributed by atoms with E-state index in [1.165, 1.54) is 13.2 Å². The first-order chi connectivity index (χ1) is 14.9. The molecule has 0 fully saturated rings. The Balaban J connectivity index is 2.06. The molecule has 3 aromatic rings. The van der Waals surface area contributed by atoms with Crippen LogP contribution in [0.5, 0.6) is 11.5 Å². The van der Waals surface area contributed by atoms with Crippen molar-refractivity contribution in [3.05, 3.63) is 93.5 Å². The summed E-state index contributed by atoms with van der Waals surface area (Å²) in [6.07, 6.45) is -0.334. The van der Waals surface area contributed by atoms with E-state index < -0.39 is 5.97 Å². The second kappa shape index (κ2) is 10.3. The maximum absolute atomic E-state index is 13.4. The summed E-state index contributed by atoms with van der Waals surface area (Å²) in [7, 11) is 1.48. The molecule has 0 saturated heterocycles. The van der Waals surface area contributed by atoms with Crippen LogP contribution in [0.4, 0.5) is 0 Å². The molecule has 3 rings (SSSR count). The Labute approximate surface area is 190 Å². The molecular weight excluding hydrogens is 460 g/mol. The number of hydrogen-bond acceptors (Lipinski definition) is 5. The van der Waals surface area contributed by atoms with Crippen LogP contribution in [-0.4, -0.2) is 25.0 Å². The van der Waals surface area contributed by atoms with Gasteiger partial charge in [0.15, 0.2) is 17.3 Å². The Morgan fingerprint density at radius 1 is 0.871 bits per heavy atom. The smallest absolute Gasteiger partial charge is 0.339 e. The quantitative estimate of drug-likeness (QED) is 0.298. The second-order valence-electron chi connectivity index (χ2n) is 7.09. The first-order valence-electron chi connectivity index (χ1n) is 9.79. The van der Waals surface area contributed by atoms with E-state index in [0.717, 1.165) is 5.56 Å². The minimum Gasteiger partial charge on any atom is -0.493 e. The molecule has 3 aromatic carbocycles. The average molecular weight is 483 g/mol. The van der Waals surface area contributed by atoms with Crippen LogP contribution in [0.2, 0.25) is 0 Å². The zero-order chi connectivity index (χ0) is 22.4. The number of hydrogen-bond donors (Lipinski definition) is 0. The zero-order valence-electron chi connectivity index (χ0n) is 17.6. The van der Waals surface area contributed by atoms with Crippen molar-refractivity contribution in [3.63, 3.8) is 0 Å². The summed E-state index contributed by atoms with van der Waals surface area (Å²) in [6, 6.07) is 19.7. The average Bonchev–Trinajstić information content (AvgIpc) is 2.77. The molecule has 0 aliphatic carbocycles. The number of halogens is 1. The number of ether oxygens (including phenoxy) is 3. The van der Waals surface area contributed by atoms with Gasteiger partial charge in [0.1, 0.15) is 6.61 Å². The summed E-state index contributed by atoms with van der Waals surface area (Å²) in [6.45, 7) is 3.79. The fraction of sp³-hybridized carbons (Fsp3) is 0.200. The van der Waals surface area contributed by atoms with E-state index >= 15 is 0 Å². The number of rotatable bonds is 8. The fourth-order valence-corrected chi connectivity index (χ4v) is 3.46. The zero-order valence-corrected chi connectivity index (χ0v) is 19.1. The van der Waals surface area contributed by atoms with Gasteiger partial charge >= 0.3 is 5.97 Å². The van der Waals surface area contributed by atoms with Crippen LogP contribution in [0.3, 0.4) is 0 Å². The first-order valence-corrected chi connectivity index (χ1v) is 10.6. The van der Waals surface area contributed by atoms with E-state index in [9.17, 15) is 9.59 Å². The summed E-state index contributed by atoms with van der Waals surface area (Å²) in [5.41, 5.74) is 1.70. The van der Waals surface area contributed by atoms with Gasteiger partial charge in [0.25, 0.3) is 0 Å². The molecule has 0 amide bonds. The molecule has 0 bridgehead atoms. The summed E-state index contributed by atoms with van der Waals surface area (Å²) in [4.78, 5) is 26.1. The van der Waals surface area contributed by atoms with Crippen molar-refractivity contribution >= 4 is 27.7 Å². The van der Waals surface area contributed by atoms with Gasteiger partial charge in [-0.25, -0.2) is 4.79 Å². The van der Waals surface area contributed by atoms with Gasteiger partial charge in [-0.3, -0.25) is 4.79 Å². The molecule has 0 atom stereocenters. The van der Waals surface area contributed by atoms with E-state index in [-0.39, 0.29) is 29.6 Å². The van der Waals surface area contributed by atoms with Crippen molar-refractivity contribution < 1.29 is 23.8 Å². The third kappa shape index (κ3) is 5.52. The molecule has 6 heteroatoms. The summed E-state index contributed by atoms with van der Waals surface area (Å²) < 4.78 is 17.4. The minimum atomic E-state index is -0.599. The van der Waals surface area contributed by atoms with Crippen molar-refractivity contribution in [3.8, 4) is 11.5 Å². The van der Waals surface area contributed by atoms with Crippen molar-refractivity contribution in [2.75, 3.05) is 7.11 Å². The molecule has 0 radical (unpaired) electrons. The van der Waals surface area contributed by atoms with Gasteiger partial charge in [0, 0.05) is 15.6 Å². The Bertz CT molecular complexity index is 1080. The normalized spacial score (nSPS) is 10.6. The Morgan fingerprint density at radius 2 is 1.52 bits per heavy atom. The molecular formula is C25H23BrO5. The molecule has 0 unspecified atom stereocenters. The van der Waals surface area contributed by atoms with Crippen molar-refractivity contribution in [2.24, 2.45) is 0 Å². The van der Waals surface area contributed by atoms with Crippen molar-refractivity contribution in [1.82, 2.24) is 0 Å². The minimum absolute atomic E-state index is 0.123. The lowest BCUT2D eigenvalue weighted by molar-refractivity contribution is 0.0375. The van der Waals surface area contributed by atoms with Crippen molar-refractivity contribution in [1.29, 1.82) is 0 Å². The molecule has 0 aromatic heterocycles. The standard InChI is InChI=1S/C25H23BrO5/c1-16(2)31-25(28)20-14-22(29-3)23(30-15-17-9-5-4-6-10-17)13-19(20)24(27)18-11-7-8-12-21(18)26/h4-14,16H,15H2,1-3H3. The highest BCUT2D eigenvalue weighted by Crippen LogP contribution is 2.34. The summed E-state index contributed by atoms with van der Waals surface area (Å²) in [5, 5.41) is 0. The topological polar surface area (TPSA) is 61.8 Å². The Hall–Kier alpha value is -3.12. The highest BCUT2D eigenvalue weighted by Gasteiger charge is 2.25. The maximum atomic E-state index is 13.4. The third-order valence-corrected chi connectivity index (χ3v) is 5.16. The number of methoxy groups -OCH3 is 1. The first kappa shape index (κ1) is 22.6. The lowest BCUT2D eigenvalue weighted by Crippen LogP contribution is -2.17. The molecule has 0 heterocycles. The van der Waals surface area contributed by atoms with E-state index in [4.69, 9.17) is 14.2 Å². The number of carbonyl (C=O) groups excluding carboxylic acids is 2. The molecule has 0 spiro atoms. The lowest BCUT2D eigenvalue weighted by atomic mass is 9.97. The van der Waals surface area contributed by atoms with Gasteiger partial charge in [-0.2, -0.15) is 0 Å². The molecule has 160 valence electrons. The van der Waals surface area contributed by atoms with Gasteiger partial charge in [-0.15, -0.1) is 0 Å². The van der Waals surface area contributed by atoms with Gasteiger partial charge in [-0.1, -0.05) is 58.4 Å². The van der Waals surface area contributed by atoms with Crippen LogP contribution in [0.15, 0.2) is 71.2 Å². The third-order valence-electron chi connectivity index (χ3n) is 4.47. The molecule has 0 N–H and O–H groups in total.